The van der Waals surface area contributed by atoms with Crippen molar-refractivity contribution in [3.63, 3.8) is 0 Å². The summed E-state index contributed by atoms with van der Waals surface area (Å²) in [6, 6.07) is 10.2. The fourth-order valence-corrected chi connectivity index (χ4v) is 2.59. The molecule has 1 aromatic carbocycles. The Bertz CT molecular complexity index is 615. The zero-order valence-corrected chi connectivity index (χ0v) is 12.5. The van der Waals surface area contributed by atoms with E-state index in [-0.39, 0.29) is 0 Å². The summed E-state index contributed by atoms with van der Waals surface area (Å²) in [6.07, 6.45) is 4.29. The lowest BCUT2D eigenvalue weighted by Crippen LogP contribution is -2.27. The Morgan fingerprint density at radius 1 is 1.33 bits per heavy atom. The molecule has 0 atom stereocenters. The molecule has 2 N–H and O–H groups in total. The van der Waals surface area contributed by atoms with E-state index in [2.05, 4.69) is 17.1 Å². The first-order chi connectivity index (χ1) is 10.1. The molecule has 1 saturated carbocycles. The number of rotatable bonds is 5. The number of aromatic nitrogens is 1. The van der Waals surface area contributed by atoms with Crippen LogP contribution < -0.4 is 15.6 Å². The van der Waals surface area contributed by atoms with Crippen LogP contribution in [0.5, 0.6) is 5.88 Å². The lowest BCUT2D eigenvalue weighted by molar-refractivity contribution is 0.292. The van der Waals surface area contributed by atoms with Crippen molar-refractivity contribution in [1.82, 2.24) is 4.98 Å². The van der Waals surface area contributed by atoms with Crippen molar-refractivity contribution in [1.29, 1.82) is 0 Å². The maximum absolute atomic E-state index is 5.96. The van der Waals surface area contributed by atoms with Crippen LogP contribution in [-0.4, -0.2) is 12.0 Å². The van der Waals surface area contributed by atoms with Crippen molar-refractivity contribution in [3.05, 3.63) is 53.2 Å². The van der Waals surface area contributed by atoms with Crippen molar-refractivity contribution in [2.75, 3.05) is 12.1 Å². The molecule has 0 amide bonds. The van der Waals surface area contributed by atoms with Crippen LogP contribution in [0.25, 0.3) is 0 Å². The summed E-state index contributed by atoms with van der Waals surface area (Å²) in [5.74, 6) is 7.28. The van der Waals surface area contributed by atoms with Gasteiger partial charge in [-0.3, -0.25) is 0 Å². The van der Waals surface area contributed by atoms with Crippen LogP contribution in [0.2, 0.25) is 0 Å². The first-order valence-electron chi connectivity index (χ1n) is 7.31. The number of hydrazine groups is 1. The molecule has 1 aliphatic carbocycles. The first kappa shape index (κ1) is 13.9. The minimum atomic E-state index is 0.500. The van der Waals surface area contributed by atoms with Crippen molar-refractivity contribution in [3.8, 4) is 5.88 Å². The van der Waals surface area contributed by atoms with E-state index in [1.807, 2.05) is 32.2 Å². The van der Waals surface area contributed by atoms with Gasteiger partial charge < -0.3 is 9.75 Å². The third-order valence-corrected chi connectivity index (χ3v) is 3.84. The van der Waals surface area contributed by atoms with Gasteiger partial charge in [0.05, 0.1) is 5.69 Å². The van der Waals surface area contributed by atoms with Crippen LogP contribution in [0.15, 0.2) is 36.5 Å². The van der Waals surface area contributed by atoms with Crippen LogP contribution in [-0.2, 0) is 6.61 Å². The van der Waals surface area contributed by atoms with Crippen molar-refractivity contribution in [2.24, 2.45) is 5.84 Å². The Labute approximate surface area is 125 Å². The maximum atomic E-state index is 5.96. The fraction of sp³-hybridized carbons (Fsp3) is 0.353. The van der Waals surface area contributed by atoms with Gasteiger partial charge >= 0.3 is 0 Å². The smallest absolute Gasteiger partial charge is 0.213 e. The average molecular weight is 283 g/mol. The molecule has 1 aromatic heterocycles. The number of hydrogen-bond acceptors (Lipinski definition) is 4. The molecule has 1 fully saturated rings. The monoisotopic (exact) mass is 283 g/mol. The van der Waals surface area contributed by atoms with Crippen LogP contribution in [0.4, 0.5) is 5.69 Å². The standard InChI is InChI=1S/C17H21N3O/c1-12-8-9-19-17(10-12)21-11-15-14(13-6-7-13)4-3-5-16(15)20(2)18/h3-5,8-10,13H,6-7,11,18H2,1-2H3. The van der Waals surface area contributed by atoms with Gasteiger partial charge in [-0.25, -0.2) is 10.8 Å². The van der Waals surface area contributed by atoms with Gasteiger partial charge in [0.2, 0.25) is 5.88 Å². The van der Waals surface area contributed by atoms with Crippen LogP contribution in [0, 0.1) is 6.92 Å². The number of anilines is 1. The molecular weight excluding hydrogens is 262 g/mol. The number of aryl methyl sites for hydroxylation is 1. The predicted octanol–water partition coefficient (Wildman–Crippen LogP) is 3.16. The number of hydrogen-bond donors (Lipinski definition) is 1. The van der Waals surface area contributed by atoms with Gasteiger partial charge in [-0.05, 0) is 48.9 Å². The number of pyridine rings is 1. The van der Waals surface area contributed by atoms with Gasteiger partial charge in [0.25, 0.3) is 0 Å². The molecule has 0 saturated heterocycles. The summed E-state index contributed by atoms with van der Waals surface area (Å²) in [5, 5.41) is 1.66. The highest BCUT2D eigenvalue weighted by Gasteiger charge is 2.27. The van der Waals surface area contributed by atoms with E-state index in [4.69, 9.17) is 10.6 Å². The van der Waals surface area contributed by atoms with E-state index in [0.717, 1.165) is 11.3 Å². The Morgan fingerprint density at radius 3 is 2.81 bits per heavy atom. The minimum absolute atomic E-state index is 0.500. The molecule has 0 spiro atoms. The molecule has 2 aromatic rings. The highest BCUT2D eigenvalue weighted by Crippen LogP contribution is 2.43. The number of nitrogens with zero attached hydrogens (tertiary/aromatic N) is 2. The maximum Gasteiger partial charge on any atom is 0.213 e. The molecular formula is C17H21N3O. The number of nitrogens with two attached hydrogens (primary N) is 1. The van der Waals surface area contributed by atoms with Crippen LogP contribution in [0.3, 0.4) is 0 Å². The molecule has 4 heteroatoms. The highest BCUT2D eigenvalue weighted by molar-refractivity contribution is 5.56. The molecule has 3 rings (SSSR count). The normalized spacial score (nSPS) is 14.0. The lowest BCUT2D eigenvalue weighted by Gasteiger charge is -2.20. The molecule has 21 heavy (non-hydrogen) atoms. The summed E-state index contributed by atoms with van der Waals surface area (Å²) < 4.78 is 5.89. The van der Waals surface area contributed by atoms with Crippen molar-refractivity contribution >= 4 is 5.69 Å². The Hall–Kier alpha value is -2.07. The second-order valence-electron chi connectivity index (χ2n) is 5.69. The van der Waals surface area contributed by atoms with Crippen LogP contribution >= 0.6 is 0 Å². The van der Waals surface area contributed by atoms with Gasteiger partial charge in [-0.15, -0.1) is 0 Å². The van der Waals surface area contributed by atoms with E-state index >= 15 is 0 Å². The Morgan fingerprint density at radius 2 is 2.14 bits per heavy atom. The third kappa shape index (κ3) is 3.16. The quantitative estimate of drug-likeness (QED) is 0.676. The van der Waals surface area contributed by atoms with Crippen molar-refractivity contribution < 1.29 is 4.74 Å². The predicted molar refractivity (Wildman–Crippen MR) is 84.3 cm³/mol. The van der Waals surface area contributed by atoms with E-state index in [1.165, 1.54) is 24.0 Å². The van der Waals surface area contributed by atoms with Gasteiger partial charge in [-0.2, -0.15) is 0 Å². The van der Waals surface area contributed by atoms with E-state index in [1.54, 1.807) is 11.2 Å². The summed E-state index contributed by atoms with van der Waals surface area (Å²) in [7, 11) is 1.86. The molecule has 110 valence electrons. The summed E-state index contributed by atoms with van der Waals surface area (Å²) >= 11 is 0. The van der Waals surface area contributed by atoms with Gasteiger partial charge in [0.15, 0.2) is 0 Å². The number of ether oxygens (including phenoxy) is 1. The fourth-order valence-electron chi connectivity index (χ4n) is 2.59. The molecule has 0 radical (unpaired) electrons. The topological polar surface area (TPSA) is 51.4 Å². The lowest BCUT2D eigenvalue weighted by atomic mass is 10.0. The van der Waals surface area contributed by atoms with E-state index in [0.29, 0.717) is 18.4 Å². The molecule has 0 aliphatic heterocycles. The molecule has 0 unspecified atom stereocenters. The third-order valence-electron chi connectivity index (χ3n) is 3.84. The van der Waals surface area contributed by atoms with Gasteiger partial charge in [0.1, 0.15) is 6.61 Å². The van der Waals surface area contributed by atoms with E-state index < -0.39 is 0 Å². The zero-order chi connectivity index (χ0) is 14.8. The molecule has 4 nitrogen and oxygen atoms in total. The van der Waals surface area contributed by atoms with Gasteiger partial charge in [-0.1, -0.05) is 12.1 Å². The largest absolute Gasteiger partial charge is 0.473 e. The Balaban J connectivity index is 1.86. The Kier molecular flexibility index (Phi) is 3.80. The van der Waals surface area contributed by atoms with E-state index in [9.17, 15) is 0 Å². The van der Waals surface area contributed by atoms with Crippen molar-refractivity contribution in [2.45, 2.75) is 32.3 Å². The second kappa shape index (κ2) is 5.74. The van der Waals surface area contributed by atoms with Gasteiger partial charge in [0, 0.05) is 24.9 Å². The average Bonchev–Trinajstić information content (AvgIpc) is 3.29. The SMILES string of the molecule is Cc1ccnc(OCc2c(C3CC3)cccc2N(C)N)c1. The zero-order valence-electron chi connectivity index (χ0n) is 12.5. The van der Waals surface area contributed by atoms with Crippen LogP contribution in [0.1, 0.15) is 35.4 Å². The second-order valence-corrected chi connectivity index (χ2v) is 5.69. The summed E-state index contributed by atoms with van der Waals surface area (Å²) in [4.78, 5) is 4.25. The summed E-state index contributed by atoms with van der Waals surface area (Å²) in [6.45, 7) is 2.53. The molecule has 0 bridgehead atoms. The number of benzene rings is 1. The molecule has 1 aliphatic rings. The minimum Gasteiger partial charge on any atom is -0.473 e. The first-order valence-corrected chi connectivity index (χ1v) is 7.31. The molecule has 1 heterocycles. The summed E-state index contributed by atoms with van der Waals surface area (Å²) in [5.41, 5.74) is 4.70. The highest BCUT2D eigenvalue weighted by atomic mass is 16.5.